The molecule has 2 N–H and O–H groups in total. The lowest BCUT2D eigenvalue weighted by Crippen LogP contribution is -2.29. The van der Waals surface area contributed by atoms with Crippen molar-refractivity contribution in [2.45, 2.75) is 26.4 Å². The fraction of sp³-hybridized carbons (Fsp3) is 0.700. The van der Waals surface area contributed by atoms with Crippen molar-refractivity contribution in [2.24, 2.45) is 0 Å². The Morgan fingerprint density at radius 2 is 2.18 bits per heavy atom. The van der Waals surface area contributed by atoms with E-state index in [1.807, 2.05) is 0 Å². The molecule has 6 nitrogen and oxygen atoms in total. The van der Waals surface area contributed by atoms with Crippen molar-refractivity contribution >= 4 is 10.0 Å². The Bertz CT molecular complexity index is 439. The summed E-state index contributed by atoms with van der Waals surface area (Å²) in [5.74, 6) is 0.0827. The Hall–Kier alpha value is -0.920. The van der Waals surface area contributed by atoms with E-state index in [-0.39, 0.29) is 5.75 Å². The van der Waals surface area contributed by atoms with Crippen molar-refractivity contribution in [1.29, 1.82) is 0 Å². The topological polar surface area (TPSA) is 76.0 Å². The number of nitrogens with one attached hydrogen (secondary N) is 2. The van der Waals surface area contributed by atoms with Gasteiger partial charge in [0.15, 0.2) is 0 Å². The van der Waals surface area contributed by atoms with E-state index in [1.165, 1.54) is 7.05 Å². The summed E-state index contributed by atoms with van der Waals surface area (Å²) in [6, 6.07) is 0.357. The molecule has 0 saturated carbocycles. The number of hydrogen-bond donors (Lipinski definition) is 2. The van der Waals surface area contributed by atoms with Gasteiger partial charge in [0.1, 0.15) is 0 Å². The molecule has 0 aliphatic carbocycles. The Balaban J connectivity index is 2.39. The molecule has 1 aromatic heterocycles. The Kier molecular flexibility index (Phi) is 5.10. The molecule has 98 valence electrons. The Labute approximate surface area is 102 Å². The highest BCUT2D eigenvalue weighted by Crippen LogP contribution is 2.07. The molecule has 0 fully saturated rings. The minimum absolute atomic E-state index is 0.0827. The van der Waals surface area contributed by atoms with E-state index < -0.39 is 10.0 Å². The minimum atomic E-state index is -3.12. The monoisotopic (exact) mass is 260 g/mol. The van der Waals surface area contributed by atoms with Gasteiger partial charge in [-0.3, -0.25) is 0 Å². The van der Waals surface area contributed by atoms with Crippen LogP contribution in [0, 0.1) is 0 Å². The lowest BCUT2D eigenvalue weighted by atomic mass is 10.3. The summed E-state index contributed by atoms with van der Waals surface area (Å²) in [6.07, 6.45) is 3.57. The lowest BCUT2D eigenvalue weighted by Gasteiger charge is -2.12. The first-order valence-electron chi connectivity index (χ1n) is 5.59. The van der Waals surface area contributed by atoms with Crippen LogP contribution in [0.25, 0.3) is 0 Å². The summed E-state index contributed by atoms with van der Waals surface area (Å²) in [6.45, 7) is 5.21. The van der Waals surface area contributed by atoms with Gasteiger partial charge in [0, 0.05) is 25.3 Å². The van der Waals surface area contributed by atoms with Gasteiger partial charge in [0.05, 0.1) is 17.8 Å². The smallest absolute Gasteiger partial charge is 0.212 e. The molecule has 1 heterocycles. The van der Waals surface area contributed by atoms with Crippen LogP contribution in [-0.2, 0) is 16.6 Å². The third kappa shape index (κ3) is 4.45. The molecule has 0 radical (unpaired) electrons. The van der Waals surface area contributed by atoms with E-state index in [9.17, 15) is 8.42 Å². The lowest BCUT2D eigenvalue weighted by molar-refractivity contribution is 0.551. The Morgan fingerprint density at radius 3 is 2.76 bits per heavy atom. The predicted octanol–water partition coefficient (Wildman–Crippen LogP) is 0.103. The van der Waals surface area contributed by atoms with E-state index in [0.717, 1.165) is 5.69 Å². The normalized spacial score (nSPS) is 12.2. The van der Waals surface area contributed by atoms with Gasteiger partial charge < -0.3 is 9.88 Å². The third-order valence-electron chi connectivity index (χ3n) is 2.47. The van der Waals surface area contributed by atoms with Gasteiger partial charge in [-0.1, -0.05) is 0 Å². The maximum absolute atomic E-state index is 11.2. The molecule has 0 saturated heterocycles. The van der Waals surface area contributed by atoms with Gasteiger partial charge in [-0.15, -0.1) is 0 Å². The van der Waals surface area contributed by atoms with Crippen molar-refractivity contribution in [1.82, 2.24) is 19.6 Å². The first kappa shape index (κ1) is 14.1. The average Bonchev–Trinajstić information content (AvgIpc) is 2.73. The van der Waals surface area contributed by atoms with Crippen LogP contribution >= 0.6 is 0 Å². The largest absolute Gasteiger partial charge is 0.331 e. The number of aromatic nitrogens is 2. The second kappa shape index (κ2) is 6.13. The molecule has 0 unspecified atom stereocenters. The van der Waals surface area contributed by atoms with E-state index in [1.54, 1.807) is 12.5 Å². The van der Waals surface area contributed by atoms with Crippen LogP contribution in [0.15, 0.2) is 12.5 Å². The second-order valence-corrected chi connectivity index (χ2v) is 6.13. The highest BCUT2D eigenvalue weighted by molar-refractivity contribution is 7.89. The molecule has 7 heteroatoms. The first-order valence-corrected chi connectivity index (χ1v) is 7.24. The van der Waals surface area contributed by atoms with Crippen LogP contribution in [0.4, 0.5) is 0 Å². The molecular formula is C10H20N4O2S. The summed E-state index contributed by atoms with van der Waals surface area (Å²) in [5, 5.41) is 3.09. The number of rotatable bonds is 7. The summed E-state index contributed by atoms with van der Waals surface area (Å²) in [7, 11) is -1.70. The van der Waals surface area contributed by atoms with Crippen LogP contribution in [0.5, 0.6) is 0 Å². The van der Waals surface area contributed by atoms with E-state index >= 15 is 0 Å². The van der Waals surface area contributed by atoms with E-state index in [0.29, 0.717) is 19.1 Å². The molecule has 0 amide bonds. The second-order valence-electron chi connectivity index (χ2n) is 4.09. The quantitative estimate of drug-likeness (QED) is 0.682. The van der Waals surface area contributed by atoms with Crippen LogP contribution in [-0.4, -0.2) is 37.3 Å². The molecule has 1 rings (SSSR count). The molecule has 0 aliphatic rings. The molecular weight excluding hydrogens is 240 g/mol. The minimum Gasteiger partial charge on any atom is -0.331 e. The Morgan fingerprint density at radius 1 is 1.47 bits per heavy atom. The van der Waals surface area contributed by atoms with Gasteiger partial charge in [-0.05, 0) is 20.9 Å². The SMILES string of the molecule is CNS(=O)(=O)CCNCc1cncn1C(C)C. The van der Waals surface area contributed by atoms with Crippen molar-refractivity contribution in [3.63, 3.8) is 0 Å². The van der Waals surface area contributed by atoms with Crippen molar-refractivity contribution in [3.05, 3.63) is 18.2 Å². The highest BCUT2D eigenvalue weighted by atomic mass is 32.2. The van der Waals surface area contributed by atoms with Crippen LogP contribution in [0.3, 0.4) is 0 Å². The number of nitrogens with zero attached hydrogens (tertiary/aromatic N) is 2. The summed E-state index contributed by atoms with van der Waals surface area (Å²) in [4.78, 5) is 4.08. The van der Waals surface area contributed by atoms with Crippen LogP contribution in [0.1, 0.15) is 25.6 Å². The number of hydrogen-bond acceptors (Lipinski definition) is 4. The standard InChI is InChI=1S/C10H20N4O2S/c1-9(2)14-8-13-7-10(14)6-12-4-5-17(15,16)11-3/h7-9,11-12H,4-6H2,1-3H3. The van der Waals surface area contributed by atoms with Crippen molar-refractivity contribution in [3.8, 4) is 0 Å². The molecule has 17 heavy (non-hydrogen) atoms. The maximum atomic E-state index is 11.2. The fourth-order valence-electron chi connectivity index (χ4n) is 1.46. The zero-order valence-corrected chi connectivity index (χ0v) is 11.3. The van der Waals surface area contributed by atoms with Gasteiger partial charge in [0.2, 0.25) is 10.0 Å². The zero-order valence-electron chi connectivity index (χ0n) is 10.5. The highest BCUT2D eigenvalue weighted by Gasteiger charge is 2.07. The summed E-state index contributed by atoms with van der Waals surface area (Å²) < 4.78 is 26.7. The molecule has 0 atom stereocenters. The van der Waals surface area contributed by atoms with Gasteiger partial charge >= 0.3 is 0 Å². The number of sulfonamides is 1. The van der Waals surface area contributed by atoms with Gasteiger partial charge in [-0.25, -0.2) is 18.1 Å². The van der Waals surface area contributed by atoms with E-state index in [2.05, 4.69) is 33.4 Å². The van der Waals surface area contributed by atoms with Crippen LogP contribution < -0.4 is 10.0 Å². The fourth-order valence-corrected chi connectivity index (χ4v) is 2.08. The molecule has 0 aromatic carbocycles. The number of imidazole rings is 1. The first-order chi connectivity index (χ1) is 7.96. The van der Waals surface area contributed by atoms with Gasteiger partial charge in [0.25, 0.3) is 0 Å². The van der Waals surface area contributed by atoms with Crippen molar-refractivity contribution < 1.29 is 8.42 Å². The van der Waals surface area contributed by atoms with Crippen molar-refractivity contribution in [2.75, 3.05) is 19.3 Å². The molecule has 1 aromatic rings. The molecule has 0 aliphatic heterocycles. The maximum Gasteiger partial charge on any atom is 0.212 e. The average molecular weight is 260 g/mol. The van der Waals surface area contributed by atoms with Crippen LogP contribution in [0.2, 0.25) is 0 Å². The molecule has 0 bridgehead atoms. The predicted molar refractivity (Wildman–Crippen MR) is 67.2 cm³/mol. The third-order valence-corrected chi connectivity index (χ3v) is 3.83. The van der Waals surface area contributed by atoms with E-state index in [4.69, 9.17) is 0 Å². The molecule has 0 spiro atoms. The zero-order chi connectivity index (χ0) is 12.9. The summed E-state index contributed by atoms with van der Waals surface area (Å²) in [5.41, 5.74) is 1.06. The van der Waals surface area contributed by atoms with Gasteiger partial charge in [-0.2, -0.15) is 0 Å². The summed E-state index contributed by atoms with van der Waals surface area (Å²) >= 11 is 0.